The van der Waals surface area contributed by atoms with Gasteiger partial charge >= 0.3 is 0 Å². The summed E-state index contributed by atoms with van der Waals surface area (Å²) in [5.74, 6) is 0.0421. The molecule has 0 fully saturated rings. The molecule has 5 heteroatoms. The van der Waals surface area contributed by atoms with Crippen molar-refractivity contribution in [2.45, 2.75) is 19.9 Å². The van der Waals surface area contributed by atoms with Crippen LogP contribution in [0.2, 0.25) is 0 Å². The molecule has 0 aliphatic carbocycles. The number of nitrogens with zero attached hydrogens (tertiary/aromatic N) is 1. The molecule has 1 aromatic carbocycles. The number of thiophene rings is 1. The molecule has 0 radical (unpaired) electrons. The van der Waals surface area contributed by atoms with E-state index in [-0.39, 0.29) is 5.91 Å². The average Bonchev–Trinajstić information content (AvgIpc) is 2.95. The van der Waals surface area contributed by atoms with Crippen LogP contribution in [0.4, 0.5) is 0 Å². The van der Waals surface area contributed by atoms with Crippen molar-refractivity contribution in [2.75, 3.05) is 7.05 Å². The van der Waals surface area contributed by atoms with Crippen LogP contribution in [0.5, 0.6) is 0 Å². The van der Waals surface area contributed by atoms with E-state index < -0.39 is 0 Å². The van der Waals surface area contributed by atoms with Gasteiger partial charge in [-0.3, -0.25) is 4.79 Å². The third kappa shape index (κ3) is 3.89. The number of nitrogens with two attached hydrogens (primary N) is 1. The number of aryl methyl sites for hydroxylation is 1. The van der Waals surface area contributed by atoms with Gasteiger partial charge in [-0.2, -0.15) is 0 Å². The van der Waals surface area contributed by atoms with Crippen LogP contribution in [-0.2, 0) is 13.0 Å². The van der Waals surface area contributed by atoms with Crippen LogP contribution in [-0.4, -0.2) is 22.8 Å². The first-order chi connectivity index (χ1) is 10.0. The number of benzene rings is 1. The maximum Gasteiger partial charge on any atom is 0.263 e. The van der Waals surface area contributed by atoms with E-state index in [9.17, 15) is 4.79 Å². The Morgan fingerprint density at radius 2 is 2.10 bits per heavy atom. The fourth-order valence-corrected chi connectivity index (χ4v) is 3.11. The van der Waals surface area contributed by atoms with E-state index in [1.54, 1.807) is 23.3 Å². The summed E-state index contributed by atoms with van der Waals surface area (Å²) < 4.78 is 0. The van der Waals surface area contributed by atoms with Gasteiger partial charge in [0.15, 0.2) is 0 Å². The smallest absolute Gasteiger partial charge is 0.263 e. The number of rotatable bonds is 5. The van der Waals surface area contributed by atoms with Crippen molar-refractivity contribution < 1.29 is 4.79 Å². The summed E-state index contributed by atoms with van der Waals surface area (Å²) >= 11 is 6.53. The number of hydrogen-bond donors (Lipinski definition) is 1. The zero-order chi connectivity index (χ0) is 15.4. The van der Waals surface area contributed by atoms with Crippen LogP contribution in [0.25, 0.3) is 0 Å². The van der Waals surface area contributed by atoms with Crippen LogP contribution in [0, 0.1) is 0 Å². The highest BCUT2D eigenvalue weighted by atomic mass is 32.1. The van der Waals surface area contributed by atoms with Crippen LogP contribution < -0.4 is 5.73 Å². The molecule has 0 aliphatic heterocycles. The minimum Gasteiger partial charge on any atom is -0.389 e. The molecule has 1 amide bonds. The molecule has 3 nitrogen and oxygen atoms in total. The van der Waals surface area contributed by atoms with Gasteiger partial charge in [0.2, 0.25) is 0 Å². The van der Waals surface area contributed by atoms with Gasteiger partial charge in [0, 0.05) is 24.0 Å². The molecule has 1 aromatic heterocycles. The first-order valence-electron chi connectivity index (χ1n) is 6.74. The minimum absolute atomic E-state index is 0.0421. The van der Waals surface area contributed by atoms with Gasteiger partial charge in [0.05, 0.1) is 4.88 Å². The normalized spacial score (nSPS) is 10.4. The molecule has 0 aliphatic rings. The second-order valence-electron chi connectivity index (χ2n) is 4.85. The number of amides is 1. The predicted octanol–water partition coefficient (Wildman–Crippen LogP) is 3.22. The van der Waals surface area contributed by atoms with Gasteiger partial charge in [-0.1, -0.05) is 37.3 Å². The SMILES string of the molecule is CCc1ccc(C(=O)N(C)Cc2cccc(C(N)=S)c2)s1. The standard InChI is InChI=1S/C16H18N2OS2/c1-3-13-7-8-14(21-13)16(19)18(2)10-11-5-4-6-12(9-11)15(17)20/h4-9H,3,10H2,1-2H3,(H2,17,20). The molecule has 0 spiro atoms. The minimum atomic E-state index is 0.0421. The van der Waals surface area contributed by atoms with Crippen molar-refractivity contribution >= 4 is 34.5 Å². The first-order valence-corrected chi connectivity index (χ1v) is 7.96. The van der Waals surface area contributed by atoms with Gasteiger partial charge in [-0.05, 0) is 30.2 Å². The number of hydrogen-bond acceptors (Lipinski definition) is 3. The van der Waals surface area contributed by atoms with Crippen molar-refractivity contribution in [1.82, 2.24) is 4.90 Å². The average molecular weight is 318 g/mol. The zero-order valence-electron chi connectivity index (χ0n) is 12.1. The second-order valence-corrected chi connectivity index (χ2v) is 6.45. The third-order valence-corrected chi connectivity index (χ3v) is 4.65. The summed E-state index contributed by atoms with van der Waals surface area (Å²) in [6.45, 7) is 2.62. The molecule has 2 aromatic rings. The topological polar surface area (TPSA) is 46.3 Å². The fourth-order valence-electron chi connectivity index (χ4n) is 2.04. The van der Waals surface area contributed by atoms with Crippen molar-refractivity contribution in [3.05, 3.63) is 57.3 Å². The Bertz CT molecular complexity index is 664. The molecular formula is C16H18N2OS2. The van der Waals surface area contributed by atoms with E-state index in [2.05, 4.69) is 6.92 Å². The molecule has 0 atom stereocenters. The highest BCUT2D eigenvalue weighted by Gasteiger charge is 2.14. The Kier molecular flexibility index (Phi) is 5.09. The van der Waals surface area contributed by atoms with E-state index in [0.29, 0.717) is 11.5 Å². The van der Waals surface area contributed by atoms with E-state index in [0.717, 1.165) is 22.4 Å². The molecule has 110 valence electrons. The summed E-state index contributed by atoms with van der Waals surface area (Å²) in [5, 5.41) is 0. The molecular weight excluding hydrogens is 300 g/mol. The van der Waals surface area contributed by atoms with Crippen LogP contribution >= 0.6 is 23.6 Å². The van der Waals surface area contributed by atoms with E-state index in [4.69, 9.17) is 18.0 Å². The summed E-state index contributed by atoms with van der Waals surface area (Å²) in [5.41, 5.74) is 7.48. The highest BCUT2D eigenvalue weighted by molar-refractivity contribution is 7.80. The first kappa shape index (κ1) is 15.7. The monoisotopic (exact) mass is 318 g/mol. The summed E-state index contributed by atoms with van der Waals surface area (Å²) in [6.07, 6.45) is 0.956. The van der Waals surface area contributed by atoms with Crippen molar-refractivity contribution in [2.24, 2.45) is 5.73 Å². The lowest BCUT2D eigenvalue weighted by molar-refractivity contribution is 0.0790. The summed E-state index contributed by atoms with van der Waals surface area (Å²) in [7, 11) is 1.81. The van der Waals surface area contributed by atoms with E-state index in [1.165, 1.54) is 4.88 Å². The quantitative estimate of drug-likeness (QED) is 0.861. The fraction of sp³-hybridized carbons (Fsp3) is 0.250. The Morgan fingerprint density at radius 1 is 1.33 bits per heavy atom. The van der Waals surface area contributed by atoms with Gasteiger partial charge in [-0.15, -0.1) is 11.3 Å². The second kappa shape index (κ2) is 6.83. The van der Waals surface area contributed by atoms with Crippen LogP contribution in [0.3, 0.4) is 0 Å². The zero-order valence-corrected chi connectivity index (χ0v) is 13.8. The van der Waals surface area contributed by atoms with Gasteiger partial charge in [0.1, 0.15) is 4.99 Å². The van der Waals surface area contributed by atoms with E-state index in [1.807, 2.05) is 36.4 Å². The Morgan fingerprint density at radius 3 is 2.71 bits per heavy atom. The lowest BCUT2D eigenvalue weighted by atomic mass is 10.1. The molecule has 0 saturated heterocycles. The summed E-state index contributed by atoms with van der Waals surface area (Å²) in [6, 6.07) is 11.6. The van der Waals surface area contributed by atoms with Crippen molar-refractivity contribution in [3.63, 3.8) is 0 Å². The maximum atomic E-state index is 12.4. The molecule has 1 heterocycles. The Hall–Kier alpha value is -1.72. The lowest BCUT2D eigenvalue weighted by Crippen LogP contribution is -2.25. The molecule has 0 bridgehead atoms. The third-order valence-electron chi connectivity index (χ3n) is 3.20. The van der Waals surface area contributed by atoms with Gasteiger partial charge < -0.3 is 10.6 Å². The van der Waals surface area contributed by atoms with Crippen molar-refractivity contribution in [1.29, 1.82) is 0 Å². The van der Waals surface area contributed by atoms with Gasteiger partial charge in [0.25, 0.3) is 5.91 Å². The molecule has 0 unspecified atom stereocenters. The number of carbonyl (C=O) groups excluding carboxylic acids is 1. The lowest BCUT2D eigenvalue weighted by Gasteiger charge is -2.16. The predicted molar refractivity (Wildman–Crippen MR) is 91.8 cm³/mol. The Balaban J connectivity index is 2.10. The van der Waals surface area contributed by atoms with Crippen LogP contribution in [0.15, 0.2) is 36.4 Å². The largest absolute Gasteiger partial charge is 0.389 e. The number of carbonyl (C=O) groups is 1. The Labute approximate surface area is 134 Å². The molecule has 2 rings (SSSR count). The summed E-state index contributed by atoms with van der Waals surface area (Å²) in [4.78, 5) is 16.5. The molecule has 0 saturated carbocycles. The van der Waals surface area contributed by atoms with Crippen molar-refractivity contribution in [3.8, 4) is 0 Å². The van der Waals surface area contributed by atoms with Crippen LogP contribution in [0.1, 0.15) is 32.6 Å². The molecule has 21 heavy (non-hydrogen) atoms. The maximum absolute atomic E-state index is 12.4. The number of thiocarbonyl (C=S) groups is 1. The highest BCUT2D eigenvalue weighted by Crippen LogP contribution is 2.19. The van der Waals surface area contributed by atoms with Gasteiger partial charge in [-0.25, -0.2) is 0 Å². The molecule has 2 N–H and O–H groups in total. The van der Waals surface area contributed by atoms with E-state index >= 15 is 0 Å².